The highest BCUT2D eigenvalue weighted by atomic mass is 16.5. The number of hydrogen-bond acceptors (Lipinski definition) is 5. The van der Waals surface area contributed by atoms with Gasteiger partial charge < -0.3 is 14.2 Å². The van der Waals surface area contributed by atoms with E-state index in [1.54, 1.807) is 0 Å². The minimum Gasteiger partial charge on any atom is -0.456 e. The molecule has 43 heavy (non-hydrogen) atoms. The van der Waals surface area contributed by atoms with Gasteiger partial charge in [0.15, 0.2) is 0 Å². The third-order valence-electron chi connectivity index (χ3n) is 7.99. The Bertz CT molecular complexity index is 1360. The minimum atomic E-state index is 0.157. The van der Waals surface area contributed by atoms with Gasteiger partial charge in [-0.25, -0.2) is 4.98 Å². The maximum absolute atomic E-state index is 13.3. The van der Waals surface area contributed by atoms with Gasteiger partial charge in [0.05, 0.1) is 17.8 Å². The third-order valence-corrected chi connectivity index (χ3v) is 7.99. The fraction of sp³-hybridized carbons (Fsp3) is 0.528. The molecule has 0 N–H and O–H groups in total. The average molecular weight is 586 g/mol. The quantitative estimate of drug-likeness (QED) is 0.263. The van der Waals surface area contributed by atoms with Gasteiger partial charge in [-0.15, -0.1) is 0 Å². The highest BCUT2D eigenvalue weighted by molar-refractivity contribution is 5.79. The lowest BCUT2D eigenvalue weighted by molar-refractivity contribution is -0.136. The van der Waals surface area contributed by atoms with Crippen molar-refractivity contribution in [2.45, 2.75) is 106 Å². The van der Waals surface area contributed by atoms with Gasteiger partial charge in [-0.1, -0.05) is 78.9 Å². The van der Waals surface area contributed by atoms with Crippen LogP contribution < -0.4 is 4.74 Å². The summed E-state index contributed by atoms with van der Waals surface area (Å²) in [4.78, 5) is 22.0. The first kappa shape index (κ1) is 33.9. The predicted molar refractivity (Wildman–Crippen MR) is 174 cm³/mol. The number of aryl methyl sites for hydroxylation is 2. The molecular formula is C36H51N5O2. The zero-order valence-electron chi connectivity index (χ0n) is 27.3. The van der Waals surface area contributed by atoms with Gasteiger partial charge >= 0.3 is 0 Å². The van der Waals surface area contributed by atoms with Crippen molar-refractivity contribution in [2.75, 3.05) is 19.6 Å². The zero-order valence-corrected chi connectivity index (χ0v) is 27.3. The van der Waals surface area contributed by atoms with Crippen molar-refractivity contribution in [1.29, 1.82) is 5.26 Å². The molecule has 0 spiro atoms. The summed E-state index contributed by atoms with van der Waals surface area (Å²) in [5.74, 6) is 2.33. The van der Waals surface area contributed by atoms with Crippen LogP contribution in [0.3, 0.4) is 0 Å². The number of unbranched alkanes of at least 4 members (excludes halogenated alkanes) is 5. The zero-order chi connectivity index (χ0) is 31.2. The van der Waals surface area contributed by atoms with E-state index in [0.29, 0.717) is 49.8 Å². The molecule has 4 heterocycles. The number of aromatic nitrogens is 2. The predicted octanol–water partition coefficient (Wildman–Crippen LogP) is 8.02. The topological polar surface area (TPSA) is 74.4 Å². The summed E-state index contributed by atoms with van der Waals surface area (Å²) < 4.78 is 8.54. The number of carbonyl (C=O) groups is 1. The first-order valence-electron chi connectivity index (χ1n) is 16.4. The lowest BCUT2D eigenvalue weighted by Gasteiger charge is -2.35. The number of rotatable bonds is 7. The summed E-state index contributed by atoms with van der Waals surface area (Å²) in [6.07, 6.45) is 10.4. The van der Waals surface area contributed by atoms with Crippen molar-refractivity contribution < 1.29 is 9.53 Å². The maximum atomic E-state index is 13.3. The van der Waals surface area contributed by atoms with Crippen molar-refractivity contribution in [1.82, 2.24) is 19.4 Å². The molecule has 1 amide bonds. The molecule has 1 atom stereocenters. The molecule has 1 unspecified atom stereocenters. The van der Waals surface area contributed by atoms with E-state index in [4.69, 9.17) is 4.74 Å². The number of carbonyl (C=O) groups excluding carboxylic acids is 1. The van der Waals surface area contributed by atoms with Gasteiger partial charge in [-0.2, -0.15) is 5.26 Å². The fourth-order valence-electron chi connectivity index (χ4n) is 5.66. The highest BCUT2D eigenvalue weighted by Crippen LogP contribution is 2.30. The lowest BCUT2D eigenvalue weighted by Crippen LogP contribution is -2.49. The number of ether oxygens (including phenoxy) is 1. The highest BCUT2D eigenvalue weighted by Gasteiger charge is 2.26. The largest absolute Gasteiger partial charge is 0.456 e. The van der Waals surface area contributed by atoms with Crippen LogP contribution in [-0.4, -0.2) is 44.9 Å². The van der Waals surface area contributed by atoms with Gasteiger partial charge in [-0.3, -0.25) is 9.69 Å². The Morgan fingerprint density at radius 1 is 0.907 bits per heavy atom. The number of benzene rings is 2. The van der Waals surface area contributed by atoms with Crippen molar-refractivity contribution >= 4 is 5.91 Å². The second-order valence-electron chi connectivity index (χ2n) is 10.9. The molecule has 0 aliphatic carbocycles. The van der Waals surface area contributed by atoms with E-state index < -0.39 is 0 Å². The maximum Gasteiger partial charge on any atom is 0.237 e. The number of amides is 1. The summed E-state index contributed by atoms with van der Waals surface area (Å²) in [6.45, 7) is 16.1. The van der Waals surface area contributed by atoms with Gasteiger partial charge in [0.25, 0.3) is 0 Å². The van der Waals surface area contributed by atoms with E-state index in [2.05, 4.69) is 39.6 Å². The molecule has 0 radical (unpaired) electrons. The molecule has 1 fully saturated rings. The molecule has 1 aromatic heterocycles. The molecule has 0 saturated carbocycles. The summed E-state index contributed by atoms with van der Waals surface area (Å²) in [7, 11) is 0. The standard InChI is InChI=1S/C32H39N5O2.2C2H6/c1-3-4-5-6-7-8-9-26-12-13-30-17-28(26)21-36-15-14-35(23-32(36)38)22-29-19-34-24(2)37(29)20-25-10-11-27(18-33)31(16-25)39-30;2*1-2/h10-13,16-17,19H,3-9,14-15,20-23H2,1-2H3;2*1-2H3. The van der Waals surface area contributed by atoms with Crippen LogP contribution in [0.5, 0.6) is 11.5 Å². The molecule has 1 saturated heterocycles. The third kappa shape index (κ3) is 9.18. The molecule has 3 aliphatic heterocycles. The monoisotopic (exact) mass is 585 g/mol. The van der Waals surface area contributed by atoms with Gasteiger partial charge in [-0.05, 0) is 60.7 Å². The van der Waals surface area contributed by atoms with Crippen LogP contribution in [0, 0.1) is 18.3 Å². The molecule has 232 valence electrons. The smallest absolute Gasteiger partial charge is 0.237 e. The van der Waals surface area contributed by atoms with Crippen LogP contribution in [0.15, 0.2) is 42.6 Å². The molecule has 6 bridgehead atoms. The summed E-state index contributed by atoms with van der Waals surface area (Å²) in [5.41, 5.74) is 5.05. The number of fused-ring (bicyclic) bond motifs is 2. The molecule has 6 rings (SSSR count). The second-order valence-corrected chi connectivity index (χ2v) is 10.9. The number of nitrogens with zero attached hydrogens (tertiary/aromatic N) is 5. The summed E-state index contributed by atoms with van der Waals surface area (Å²) in [5, 5.41) is 9.77. The van der Waals surface area contributed by atoms with E-state index in [9.17, 15) is 10.1 Å². The van der Waals surface area contributed by atoms with E-state index in [0.717, 1.165) is 42.0 Å². The van der Waals surface area contributed by atoms with Crippen molar-refractivity contribution in [2.24, 2.45) is 0 Å². The molecule has 3 aromatic rings. The number of nitriles is 1. The number of imidazole rings is 1. The first-order valence-corrected chi connectivity index (χ1v) is 16.4. The van der Waals surface area contributed by atoms with E-state index in [1.807, 2.05) is 70.0 Å². The Hall–Kier alpha value is -3.63. The number of hydrogen-bond donors (Lipinski definition) is 0. The van der Waals surface area contributed by atoms with Crippen LogP contribution in [0.1, 0.15) is 107 Å². The van der Waals surface area contributed by atoms with Crippen molar-refractivity contribution in [3.05, 3.63) is 76.4 Å². The SMILES string of the molecule is CC.CC.CCCCCCCCc1ccc2cc1CN1CCN(CC1=O)Cc1cnc(C)n1Cc1ccc(C#N)c(c1)O2. The Labute approximate surface area is 259 Å². The normalized spacial score (nSPS) is 15.7. The van der Waals surface area contributed by atoms with Crippen LogP contribution >= 0.6 is 0 Å². The molecular weight excluding hydrogens is 534 g/mol. The van der Waals surface area contributed by atoms with Gasteiger partial charge in [0.1, 0.15) is 23.4 Å². The van der Waals surface area contributed by atoms with E-state index in [1.165, 1.54) is 37.7 Å². The van der Waals surface area contributed by atoms with Gasteiger partial charge in [0.2, 0.25) is 5.91 Å². The van der Waals surface area contributed by atoms with Crippen LogP contribution in [0.4, 0.5) is 0 Å². The average Bonchev–Trinajstić information content (AvgIpc) is 3.36. The van der Waals surface area contributed by atoms with Crippen molar-refractivity contribution in [3.8, 4) is 17.6 Å². The van der Waals surface area contributed by atoms with Crippen LogP contribution in [0.25, 0.3) is 0 Å². The van der Waals surface area contributed by atoms with E-state index in [-0.39, 0.29) is 5.91 Å². The van der Waals surface area contributed by atoms with Crippen LogP contribution in [-0.2, 0) is 30.8 Å². The first-order chi connectivity index (χ1) is 21.0. The Balaban J connectivity index is 0.00000121. The molecule has 7 nitrogen and oxygen atoms in total. The molecule has 3 aliphatic rings. The second kappa shape index (κ2) is 17.5. The van der Waals surface area contributed by atoms with Crippen LogP contribution in [0.2, 0.25) is 0 Å². The Morgan fingerprint density at radius 2 is 1.67 bits per heavy atom. The summed E-state index contributed by atoms with van der Waals surface area (Å²) in [6, 6.07) is 14.3. The van der Waals surface area contributed by atoms with Crippen molar-refractivity contribution in [3.63, 3.8) is 0 Å². The minimum absolute atomic E-state index is 0.157. The van der Waals surface area contributed by atoms with E-state index >= 15 is 0 Å². The van der Waals surface area contributed by atoms with Gasteiger partial charge in [0, 0.05) is 38.9 Å². The molecule has 7 heteroatoms. The Morgan fingerprint density at radius 3 is 2.42 bits per heavy atom. The fourth-order valence-corrected chi connectivity index (χ4v) is 5.66. The lowest BCUT2D eigenvalue weighted by atomic mass is 9.99. The summed E-state index contributed by atoms with van der Waals surface area (Å²) >= 11 is 0. The number of piperazine rings is 1. The Kier molecular flexibility index (Phi) is 13.8. The molecule has 2 aromatic carbocycles.